The van der Waals surface area contributed by atoms with Crippen LogP contribution in [0.25, 0.3) is 44.7 Å². The van der Waals surface area contributed by atoms with Crippen molar-refractivity contribution in [2.75, 3.05) is 12.8 Å². The highest BCUT2D eigenvalue weighted by Gasteiger charge is 2.34. The largest absolute Gasteiger partial charge is 0.121 e. The van der Waals surface area contributed by atoms with Crippen LogP contribution in [-0.4, -0.2) is 12.8 Å². The fraction of sp³-hybridized carbons (Fsp3) is 0.266. The van der Waals surface area contributed by atoms with Gasteiger partial charge in [0.2, 0.25) is 0 Å². The minimum absolute atomic E-state index is 0.0963. The zero-order valence-corrected chi connectivity index (χ0v) is 51.5. The highest BCUT2D eigenvalue weighted by molar-refractivity contribution is 7.37. The standard InChI is InChI=1S/C28H24.C21H22.C18H27P.C10H12.C2H6/c1-4-7-20-14-15-23-17-26-25(21-12-10-18(2)11-13-21)16-22-8-5-6-9-24(22)28(26)27(23)19(20)3;1-15-10-11-18-14-19(21(3,4)20(18)12-15)13-16(2)17-8-6-5-7-9-17;1-4-16(2)15-18(13-9-6-10-14-19-3)17-11-7-5-8-12-17;1-3-4-10-7-5-9(2)6-8-10;1-2/h4-16H,17H2,1-3H3;5-13H,2,14H2,1,3-4H3;4-8,10-11,16,19H,1,9,12-15H2,2-3H3;3,5-8H,1,4H2,2H3;1-2H3/b7-4-;19-13+;10-6-,18-17+;;/t;;16-;;/m..1../s1. The molecule has 0 nitrogen and oxygen atoms in total. The van der Waals surface area contributed by atoms with E-state index in [9.17, 15) is 0 Å². The third-order valence-corrected chi connectivity index (χ3v) is 16.2. The minimum Gasteiger partial charge on any atom is -0.121 e. The number of hydrogen-bond donors (Lipinski definition) is 0. The first-order valence-electron chi connectivity index (χ1n) is 29.3. The molecule has 0 amide bonds. The molecule has 0 saturated carbocycles. The molecule has 0 spiro atoms. The first-order chi connectivity index (χ1) is 38.8. The predicted molar refractivity (Wildman–Crippen MR) is 361 cm³/mol. The minimum atomic E-state index is 0.0963. The van der Waals surface area contributed by atoms with E-state index >= 15 is 0 Å². The molecule has 0 heterocycles. The summed E-state index contributed by atoms with van der Waals surface area (Å²) in [5.41, 5.74) is 26.4. The highest BCUT2D eigenvalue weighted by atomic mass is 31.1. The van der Waals surface area contributed by atoms with Crippen LogP contribution in [-0.2, 0) is 24.7 Å². The van der Waals surface area contributed by atoms with Gasteiger partial charge in [0.05, 0.1) is 0 Å². The zero-order valence-electron chi connectivity index (χ0n) is 50.5. The molecule has 0 saturated heterocycles. The molecule has 1 heteroatoms. The van der Waals surface area contributed by atoms with E-state index in [1.165, 1.54) is 124 Å². The van der Waals surface area contributed by atoms with Crippen molar-refractivity contribution in [2.24, 2.45) is 5.92 Å². The van der Waals surface area contributed by atoms with E-state index < -0.39 is 0 Å². The monoisotopic (exact) mass is 1070 g/mol. The molecule has 0 radical (unpaired) electrons. The maximum atomic E-state index is 4.26. The van der Waals surface area contributed by atoms with Gasteiger partial charge in [0.1, 0.15) is 0 Å². The Hall–Kier alpha value is -7.11. The van der Waals surface area contributed by atoms with Gasteiger partial charge in [0.15, 0.2) is 0 Å². The van der Waals surface area contributed by atoms with Gasteiger partial charge in [0.25, 0.3) is 0 Å². The average molecular weight is 1070 g/mol. The summed E-state index contributed by atoms with van der Waals surface area (Å²) in [4.78, 5) is 0. The van der Waals surface area contributed by atoms with Crippen LogP contribution in [0.4, 0.5) is 0 Å². The summed E-state index contributed by atoms with van der Waals surface area (Å²) in [7, 11) is 1.03. The number of benzene rings is 7. The lowest BCUT2D eigenvalue weighted by atomic mass is 9.81. The van der Waals surface area contributed by atoms with Crippen molar-refractivity contribution in [3.63, 3.8) is 0 Å². The van der Waals surface area contributed by atoms with Crippen LogP contribution >= 0.6 is 8.58 Å². The van der Waals surface area contributed by atoms with E-state index in [1.54, 1.807) is 5.57 Å². The molecule has 1 unspecified atom stereocenters. The summed E-state index contributed by atoms with van der Waals surface area (Å²) in [6.07, 6.45) is 33.0. The molecular weight excluding hydrogens is 980 g/mol. The van der Waals surface area contributed by atoms with Gasteiger partial charge in [-0.15, -0.1) is 21.7 Å². The van der Waals surface area contributed by atoms with E-state index in [0.717, 1.165) is 46.3 Å². The number of fused-ring (bicyclic) bond motifs is 6. The van der Waals surface area contributed by atoms with Gasteiger partial charge in [-0.2, -0.15) is 0 Å². The molecule has 0 bridgehead atoms. The zero-order chi connectivity index (χ0) is 57.6. The van der Waals surface area contributed by atoms with Gasteiger partial charge in [-0.1, -0.05) is 269 Å². The van der Waals surface area contributed by atoms with Gasteiger partial charge in [-0.25, -0.2) is 0 Å². The van der Waals surface area contributed by atoms with Crippen LogP contribution in [0.15, 0.2) is 237 Å². The molecule has 0 fully saturated rings. The van der Waals surface area contributed by atoms with Crippen LogP contribution in [0.1, 0.15) is 128 Å². The third kappa shape index (κ3) is 16.5. The number of rotatable bonds is 14. The second-order valence-corrected chi connectivity index (χ2v) is 23.1. The maximum absolute atomic E-state index is 4.26. The van der Waals surface area contributed by atoms with E-state index in [1.807, 2.05) is 26.0 Å². The third-order valence-electron chi connectivity index (χ3n) is 15.6. The lowest BCUT2D eigenvalue weighted by molar-refractivity contribution is 0.644. The summed E-state index contributed by atoms with van der Waals surface area (Å²) < 4.78 is 0. The molecule has 0 N–H and O–H groups in total. The van der Waals surface area contributed by atoms with Gasteiger partial charge in [-0.3, -0.25) is 0 Å². The Morgan fingerprint density at radius 3 is 2.06 bits per heavy atom. The number of aryl methyl sites for hydroxylation is 3. The van der Waals surface area contributed by atoms with Gasteiger partial charge in [0, 0.05) is 5.41 Å². The van der Waals surface area contributed by atoms with Crippen molar-refractivity contribution < 1.29 is 0 Å². The Kier molecular flexibility index (Phi) is 24.1. The predicted octanol–water partition coefficient (Wildman–Crippen LogP) is 22.6. The van der Waals surface area contributed by atoms with E-state index in [2.05, 4.69) is 276 Å². The Balaban J connectivity index is 0.000000179. The maximum Gasteiger partial charge on any atom is 0.0115 e. The van der Waals surface area contributed by atoms with E-state index in [0.29, 0.717) is 5.92 Å². The summed E-state index contributed by atoms with van der Waals surface area (Å²) >= 11 is 0. The first-order valence-corrected chi connectivity index (χ1v) is 31.0. The van der Waals surface area contributed by atoms with E-state index in [4.69, 9.17) is 0 Å². The molecule has 0 aliphatic heterocycles. The Morgan fingerprint density at radius 1 is 0.725 bits per heavy atom. The quantitative estimate of drug-likeness (QED) is 0.0752. The fourth-order valence-corrected chi connectivity index (χ4v) is 11.4. The van der Waals surface area contributed by atoms with Crippen LogP contribution in [0, 0.1) is 33.6 Å². The van der Waals surface area contributed by atoms with Crippen molar-refractivity contribution in [1.82, 2.24) is 0 Å². The molecular formula is C79H91P. The van der Waals surface area contributed by atoms with Crippen LogP contribution < -0.4 is 0 Å². The smallest absolute Gasteiger partial charge is 0.0115 e. The molecule has 7 aromatic carbocycles. The van der Waals surface area contributed by atoms with E-state index in [-0.39, 0.29) is 5.41 Å². The second-order valence-electron chi connectivity index (χ2n) is 22.0. The summed E-state index contributed by atoms with van der Waals surface area (Å²) in [6, 6.07) is 50.5. The van der Waals surface area contributed by atoms with Crippen LogP contribution in [0.2, 0.25) is 0 Å². The van der Waals surface area contributed by atoms with Crippen molar-refractivity contribution >= 4 is 31.0 Å². The summed E-state index contributed by atoms with van der Waals surface area (Å²) in [6.45, 7) is 35.8. The molecule has 3 aliphatic rings. The molecule has 10 rings (SSSR count). The molecule has 80 heavy (non-hydrogen) atoms. The lowest BCUT2D eigenvalue weighted by Gasteiger charge is -2.23. The normalized spacial score (nSPS) is 14.9. The van der Waals surface area contributed by atoms with Crippen LogP contribution in [0.3, 0.4) is 0 Å². The SMILES string of the molecule is C/C=C\c1ccc2c(c1C)-c1c(c(-c3ccc(C)cc3)cc3ccccc13)C2.C=C(/C=C1\Cc2ccc(C)cc2C1(C)C)c1ccccc1.C=CCc1ccc(C)cc1.C=C[C@@H](C)C/C(CC/C=C\CPC)=C1\C=CC=CC1.CC. The summed E-state index contributed by atoms with van der Waals surface area (Å²) in [5.74, 6) is 0.572. The lowest BCUT2D eigenvalue weighted by Crippen LogP contribution is -2.15. The second kappa shape index (κ2) is 31.0. The summed E-state index contributed by atoms with van der Waals surface area (Å²) in [5, 5.41) is 2.69. The van der Waals surface area contributed by atoms with Crippen molar-refractivity contribution in [3.05, 3.63) is 298 Å². The molecule has 2 atom stereocenters. The molecule has 3 aliphatic carbocycles. The molecule has 412 valence electrons. The van der Waals surface area contributed by atoms with Crippen molar-refractivity contribution in [3.8, 4) is 22.3 Å². The molecule has 0 aromatic heterocycles. The Labute approximate surface area is 486 Å². The van der Waals surface area contributed by atoms with Gasteiger partial charge >= 0.3 is 0 Å². The van der Waals surface area contributed by atoms with Crippen molar-refractivity contribution in [2.45, 2.75) is 120 Å². The average Bonchev–Trinajstić information content (AvgIpc) is 4.11. The van der Waals surface area contributed by atoms with Crippen molar-refractivity contribution in [1.29, 1.82) is 0 Å². The Morgan fingerprint density at radius 2 is 1.40 bits per heavy atom. The van der Waals surface area contributed by atoms with Gasteiger partial charge in [-0.05, 0) is 193 Å². The van der Waals surface area contributed by atoms with Crippen LogP contribution in [0.5, 0.6) is 0 Å². The highest BCUT2D eigenvalue weighted by Crippen LogP contribution is 2.48. The first kappa shape index (κ1) is 62.1. The Bertz CT molecular complexity index is 3380. The fourth-order valence-electron chi connectivity index (χ4n) is 11.0. The van der Waals surface area contributed by atoms with Gasteiger partial charge < -0.3 is 0 Å². The molecule has 7 aromatic rings. The number of allylic oxidation sites excluding steroid dienone is 14. The number of hydrogen-bond acceptors (Lipinski definition) is 0. The topological polar surface area (TPSA) is 0 Å².